The molecule has 6 nitrogen and oxygen atoms in total. The molecule has 5 rings (SSSR count). The highest BCUT2D eigenvalue weighted by molar-refractivity contribution is 6.30. The van der Waals surface area contributed by atoms with E-state index in [0.29, 0.717) is 11.7 Å². The molecule has 0 saturated heterocycles. The van der Waals surface area contributed by atoms with Crippen LogP contribution in [0.3, 0.4) is 0 Å². The maximum Gasteiger partial charge on any atom is 0.177 e. The number of nitrogen functional groups attached to an aromatic ring is 1. The number of hydrogen-bond donors (Lipinski definition) is 3. The van der Waals surface area contributed by atoms with Crippen molar-refractivity contribution in [1.82, 2.24) is 14.6 Å². The highest BCUT2D eigenvalue weighted by Crippen LogP contribution is 2.41. The SMILES string of the molecule is Nc1nn2ccnc2c(Nc2cccc(-c3cccc(Cl)c3)c2)c1C1CCC(N)CC1. The van der Waals surface area contributed by atoms with Crippen LogP contribution in [0.4, 0.5) is 17.2 Å². The van der Waals surface area contributed by atoms with Crippen molar-refractivity contribution in [2.45, 2.75) is 37.6 Å². The van der Waals surface area contributed by atoms with Crippen molar-refractivity contribution in [3.05, 3.63) is 71.5 Å². The number of nitrogens with two attached hydrogens (primary N) is 2. The molecule has 1 aliphatic carbocycles. The van der Waals surface area contributed by atoms with Crippen LogP contribution < -0.4 is 16.8 Å². The number of aromatic nitrogens is 3. The fourth-order valence-corrected chi connectivity index (χ4v) is 4.70. The summed E-state index contributed by atoms with van der Waals surface area (Å²) in [5.74, 6) is 0.854. The zero-order chi connectivity index (χ0) is 21.4. The second-order valence-electron chi connectivity index (χ2n) is 8.20. The van der Waals surface area contributed by atoms with E-state index in [2.05, 4.69) is 33.6 Å². The van der Waals surface area contributed by atoms with Crippen molar-refractivity contribution in [3.8, 4) is 11.1 Å². The first-order chi connectivity index (χ1) is 15.1. The summed E-state index contributed by atoms with van der Waals surface area (Å²) in [5.41, 5.74) is 18.4. The number of imidazole rings is 1. The fourth-order valence-electron chi connectivity index (χ4n) is 4.51. The summed E-state index contributed by atoms with van der Waals surface area (Å²) in [4.78, 5) is 4.56. The van der Waals surface area contributed by atoms with Gasteiger partial charge in [0.1, 0.15) is 5.82 Å². The lowest BCUT2D eigenvalue weighted by Crippen LogP contribution is -2.26. The van der Waals surface area contributed by atoms with Crippen LogP contribution in [0, 0.1) is 0 Å². The van der Waals surface area contributed by atoms with Crippen LogP contribution in [-0.2, 0) is 0 Å². The maximum absolute atomic E-state index is 6.46. The normalized spacial score (nSPS) is 18.9. The summed E-state index contributed by atoms with van der Waals surface area (Å²) in [7, 11) is 0. The third-order valence-corrected chi connectivity index (χ3v) is 6.31. The number of anilines is 3. The molecule has 0 unspecified atom stereocenters. The number of nitrogens with one attached hydrogen (secondary N) is 1. The molecule has 1 fully saturated rings. The standard InChI is InChI=1S/C24H25ClN6/c25-18-5-1-3-16(13-18)17-4-2-6-20(14-17)29-22-21(15-7-9-19(26)10-8-15)23(27)30-31-12-11-28-24(22)31/h1-6,11-15,19,29H,7-10,26H2,(H2,27,30). The Hall–Kier alpha value is -3.09. The molecule has 0 amide bonds. The van der Waals surface area contributed by atoms with Gasteiger partial charge >= 0.3 is 0 Å². The molecule has 0 bridgehead atoms. The molecule has 1 aliphatic rings. The van der Waals surface area contributed by atoms with E-state index in [9.17, 15) is 0 Å². The van der Waals surface area contributed by atoms with E-state index < -0.39 is 0 Å². The van der Waals surface area contributed by atoms with E-state index in [0.717, 1.165) is 64.4 Å². The molecule has 2 heterocycles. The minimum atomic E-state index is 0.270. The van der Waals surface area contributed by atoms with Crippen molar-refractivity contribution in [2.75, 3.05) is 11.1 Å². The predicted molar refractivity (Wildman–Crippen MR) is 127 cm³/mol. The van der Waals surface area contributed by atoms with Crippen LogP contribution >= 0.6 is 11.6 Å². The molecule has 31 heavy (non-hydrogen) atoms. The molecule has 2 aromatic heterocycles. The zero-order valence-electron chi connectivity index (χ0n) is 17.1. The molecule has 0 spiro atoms. The number of nitrogens with zero attached hydrogens (tertiary/aromatic N) is 3. The van der Waals surface area contributed by atoms with Gasteiger partial charge in [0.25, 0.3) is 0 Å². The van der Waals surface area contributed by atoms with Gasteiger partial charge in [0.2, 0.25) is 0 Å². The second-order valence-corrected chi connectivity index (χ2v) is 8.63. The fraction of sp³-hybridized carbons (Fsp3) is 0.250. The molecule has 5 N–H and O–H groups in total. The van der Waals surface area contributed by atoms with Gasteiger partial charge < -0.3 is 16.8 Å². The minimum absolute atomic E-state index is 0.270. The molecule has 7 heteroatoms. The number of halogens is 1. The van der Waals surface area contributed by atoms with Gasteiger partial charge in [-0.1, -0.05) is 35.9 Å². The average molecular weight is 433 g/mol. The molecule has 0 aliphatic heterocycles. The van der Waals surface area contributed by atoms with E-state index in [-0.39, 0.29) is 6.04 Å². The largest absolute Gasteiger partial charge is 0.382 e. The number of hydrogen-bond acceptors (Lipinski definition) is 5. The first kappa shape index (κ1) is 19.8. The zero-order valence-corrected chi connectivity index (χ0v) is 17.9. The Morgan fingerprint density at radius 3 is 2.52 bits per heavy atom. The van der Waals surface area contributed by atoms with Gasteiger partial charge in [-0.25, -0.2) is 9.50 Å². The summed E-state index contributed by atoms with van der Waals surface area (Å²) < 4.78 is 1.73. The summed E-state index contributed by atoms with van der Waals surface area (Å²) in [6.07, 6.45) is 7.55. The Bertz CT molecular complexity index is 1230. The topological polar surface area (TPSA) is 94.3 Å². The molecule has 4 aromatic rings. The third-order valence-electron chi connectivity index (χ3n) is 6.08. The smallest absolute Gasteiger partial charge is 0.177 e. The van der Waals surface area contributed by atoms with Crippen molar-refractivity contribution in [2.24, 2.45) is 5.73 Å². The van der Waals surface area contributed by atoms with Crippen LogP contribution in [0.5, 0.6) is 0 Å². The summed E-state index contributed by atoms with van der Waals surface area (Å²) in [6.45, 7) is 0. The molecule has 0 atom stereocenters. The van der Waals surface area contributed by atoms with Gasteiger partial charge in [0.05, 0.1) is 5.69 Å². The Morgan fingerprint density at radius 2 is 1.74 bits per heavy atom. The first-order valence-electron chi connectivity index (χ1n) is 10.6. The van der Waals surface area contributed by atoms with Crippen molar-refractivity contribution < 1.29 is 0 Å². The van der Waals surface area contributed by atoms with Gasteiger partial charge in [-0.3, -0.25) is 0 Å². The van der Waals surface area contributed by atoms with E-state index in [4.69, 9.17) is 23.1 Å². The summed E-state index contributed by atoms with van der Waals surface area (Å²) in [6, 6.07) is 16.4. The summed E-state index contributed by atoms with van der Waals surface area (Å²) in [5, 5.41) is 8.88. The van der Waals surface area contributed by atoms with Gasteiger partial charge in [-0.05, 0) is 67.0 Å². The van der Waals surface area contributed by atoms with Gasteiger partial charge in [0.15, 0.2) is 5.65 Å². The molecule has 1 saturated carbocycles. The Labute approximate surface area is 186 Å². The lowest BCUT2D eigenvalue weighted by atomic mass is 9.81. The van der Waals surface area contributed by atoms with E-state index in [1.165, 1.54) is 0 Å². The number of benzene rings is 2. The van der Waals surface area contributed by atoms with Crippen molar-refractivity contribution >= 4 is 34.4 Å². The predicted octanol–water partition coefficient (Wildman–Crippen LogP) is 5.36. The monoisotopic (exact) mass is 432 g/mol. The first-order valence-corrected chi connectivity index (χ1v) is 11.0. The minimum Gasteiger partial charge on any atom is -0.382 e. The van der Waals surface area contributed by atoms with Crippen LogP contribution in [0.25, 0.3) is 16.8 Å². The Kier molecular flexibility index (Phi) is 5.26. The van der Waals surface area contributed by atoms with Gasteiger partial charge in [-0.15, -0.1) is 5.10 Å². The maximum atomic E-state index is 6.46. The molecule has 158 valence electrons. The van der Waals surface area contributed by atoms with Gasteiger partial charge in [0, 0.05) is 34.7 Å². The Balaban J connectivity index is 1.57. The lowest BCUT2D eigenvalue weighted by Gasteiger charge is -2.28. The van der Waals surface area contributed by atoms with E-state index in [1.54, 1.807) is 10.7 Å². The molecular weight excluding hydrogens is 408 g/mol. The Morgan fingerprint density at radius 1 is 1.00 bits per heavy atom. The number of fused-ring (bicyclic) bond motifs is 1. The average Bonchev–Trinajstić information content (AvgIpc) is 3.23. The number of rotatable bonds is 4. The molecular formula is C24H25ClN6. The highest BCUT2D eigenvalue weighted by Gasteiger charge is 2.27. The summed E-state index contributed by atoms with van der Waals surface area (Å²) >= 11 is 6.20. The van der Waals surface area contributed by atoms with Crippen molar-refractivity contribution in [3.63, 3.8) is 0 Å². The third kappa shape index (κ3) is 3.96. The van der Waals surface area contributed by atoms with Crippen LogP contribution in [0.15, 0.2) is 60.9 Å². The highest BCUT2D eigenvalue weighted by atomic mass is 35.5. The van der Waals surface area contributed by atoms with Crippen LogP contribution in [0.2, 0.25) is 5.02 Å². The molecule has 0 radical (unpaired) electrons. The quantitative estimate of drug-likeness (QED) is 0.403. The van der Waals surface area contributed by atoms with Gasteiger partial charge in [-0.2, -0.15) is 0 Å². The van der Waals surface area contributed by atoms with Crippen LogP contribution in [-0.4, -0.2) is 20.6 Å². The van der Waals surface area contributed by atoms with E-state index >= 15 is 0 Å². The lowest BCUT2D eigenvalue weighted by molar-refractivity contribution is 0.396. The second kappa shape index (κ2) is 8.21. The van der Waals surface area contributed by atoms with Crippen LogP contribution in [0.1, 0.15) is 37.2 Å². The molecule has 2 aromatic carbocycles. The van der Waals surface area contributed by atoms with E-state index in [1.807, 2.05) is 36.5 Å². The van der Waals surface area contributed by atoms with Crippen molar-refractivity contribution in [1.29, 1.82) is 0 Å².